The standard InChI is InChI=1S/C14H20N2O5.ClH/c1-5-15(6-2)13-11(21-7-3)8-10(9-17)12(16(18)19)14(13)20-4;/h8-9H,5-7H2,1-4H3;1H. The van der Waals surface area contributed by atoms with Gasteiger partial charge in [-0.15, -0.1) is 12.4 Å². The highest BCUT2D eigenvalue weighted by molar-refractivity contribution is 5.90. The van der Waals surface area contributed by atoms with Crippen LogP contribution in [-0.2, 0) is 0 Å². The van der Waals surface area contributed by atoms with Gasteiger partial charge in [0.15, 0.2) is 6.29 Å². The SMILES string of the molecule is CCOc1cc(C=O)c([N+](=O)[O-])c(OC)c1N(CC)CC.Cl. The molecule has 0 aliphatic carbocycles. The Hall–Kier alpha value is -2.02. The number of hydrogen-bond acceptors (Lipinski definition) is 6. The molecule has 0 fully saturated rings. The first kappa shape index (κ1) is 20.0. The molecular formula is C14H21ClN2O5. The maximum absolute atomic E-state index is 11.3. The first-order valence-electron chi connectivity index (χ1n) is 6.77. The van der Waals surface area contributed by atoms with E-state index in [1.54, 1.807) is 6.92 Å². The molecule has 0 spiro atoms. The highest BCUT2D eigenvalue weighted by Gasteiger charge is 2.30. The van der Waals surface area contributed by atoms with Crippen molar-refractivity contribution in [2.24, 2.45) is 0 Å². The van der Waals surface area contributed by atoms with Crippen LogP contribution in [-0.4, -0.2) is 38.0 Å². The smallest absolute Gasteiger partial charge is 0.323 e. The zero-order chi connectivity index (χ0) is 16.0. The second-order valence-electron chi connectivity index (χ2n) is 4.17. The van der Waals surface area contributed by atoms with Crippen molar-refractivity contribution in [3.63, 3.8) is 0 Å². The average Bonchev–Trinajstić information content (AvgIpc) is 2.48. The Labute approximate surface area is 135 Å². The number of hydrogen-bond donors (Lipinski definition) is 0. The van der Waals surface area contributed by atoms with Gasteiger partial charge in [-0.2, -0.15) is 0 Å². The molecule has 22 heavy (non-hydrogen) atoms. The number of rotatable bonds is 8. The molecule has 8 heteroatoms. The zero-order valence-electron chi connectivity index (χ0n) is 13.1. The molecule has 0 radical (unpaired) electrons. The van der Waals surface area contributed by atoms with E-state index >= 15 is 0 Å². The summed E-state index contributed by atoms with van der Waals surface area (Å²) in [7, 11) is 1.35. The number of methoxy groups -OCH3 is 1. The van der Waals surface area contributed by atoms with Crippen LogP contribution in [0, 0.1) is 10.1 Å². The summed E-state index contributed by atoms with van der Waals surface area (Å²) in [4.78, 5) is 23.7. The Morgan fingerprint density at radius 3 is 2.27 bits per heavy atom. The van der Waals surface area contributed by atoms with Crippen LogP contribution in [0.4, 0.5) is 11.4 Å². The number of carbonyl (C=O) groups excluding carboxylic acids is 1. The fourth-order valence-electron chi connectivity index (χ4n) is 2.21. The topological polar surface area (TPSA) is 81.9 Å². The number of ether oxygens (including phenoxy) is 2. The van der Waals surface area contributed by atoms with Crippen molar-refractivity contribution in [1.82, 2.24) is 0 Å². The normalized spacial score (nSPS) is 9.64. The molecule has 0 saturated heterocycles. The number of aldehydes is 1. The van der Waals surface area contributed by atoms with E-state index in [-0.39, 0.29) is 29.4 Å². The van der Waals surface area contributed by atoms with Gasteiger partial charge in [-0.05, 0) is 20.8 Å². The summed E-state index contributed by atoms with van der Waals surface area (Å²) < 4.78 is 10.8. The van der Waals surface area contributed by atoms with Crippen molar-refractivity contribution in [1.29, 1.82) is 0 Å². The third-order valence-electron chi connectivity index (χ3n) is 3.12. The van der Waals surface area contributed by atoms with Crippen molar-refractivity contribution >= 4 is 30.1 Å². The third kappa shape index (κ3) is 3.79. The van der Waals surface area contributed by atoms with Gasteiger partial charge in [-0.25, -0.2) is 0 Å². The van der Waals surface area contributed by atoms with Crippen molar-refractivity contribution in [2.45, 2.75) is 20.8 Å². The van der Waals surface area contributed by atoms with Gasteiger partial charge in [0, 0.05) is 19.2 Å². The number of nitro benzene ring substituents is 1. The number of anilines is 1. The summed E-state index contributed by atoms with van der Waals surface area (Å²) >= 11 is 0. The molecule has 1 aromatic carbocycles. The maximum Gasteiger partial charge on any atom is 0.323 e. The molecule has 0 aliphatic heterocycles. The van der Waals surface area contributed by atoms with E-state index in [0.29, 0.717) is 37.4 Å². The molecule has 0 aliphatic rings. The molecule has 0 saturated carbocycles. The van der Waals surface area contributed by atoms with Gasteiger partial charge in [0.1, 0.15) is 11.4 Å². The predicted octanol–water partition coefficient (Wildman–Crippen LogP) is 3.08. The van der Waals surface area contributed by atoms with Crippen LogP contribution in [0.25, 0.3) is 0 Å². The molecule has 0 N–H and O–H groups in total. The predicted molar refractivity (Wildman–Crippen MR) is 87.0 cm³/mol. The fraction of sp³-hybridized carbons (Fsp3) is 0.500. The zero-order valence-corrected chi connectivity index (χ0v) is 13.9. The molecule has 0 bridgehead atoms. The van der Waals surface area contributed by atoms with Crippen LogP contribution < -0.4 is 14.4 Å². The summed E-state index contributed by atoms with van der Waals surface area (Å²) in [5.74, 6) is 0.461. The molecule has 7 nitrogen and oxygen atoms in total. The highest BCUT2D eigenvalue weighted by atomic mass is 35.5. The molecule has 0 unspecified atom stereocenters. The monoisotopic (exact) mass is 332 g/mol. The Bertz CT molecular complexity index is 532. The lowest BCUT2D eigenvalue weighted by atomic mass is 10.1. The van der Waals surface area contributed by atoms with E-state index in [4.69, 9.17) is 9.47 Å². The first-order chi connectivity index (χ1) is 10.0. The van der Waals surface area contributed by atoms with Crippen LogP contribution in [0.2, 0.25) is 0 Å². The van der Waals surface area contributed by atoms with Crippen molar-refractivity contribution in [2.75, 3.05) is 31.7 Å². The maximum atomic E-state index is 11.3. The summed E-state index contributed by atoms with van der Waals surface area (Å²) in [5.41, 5.74) is 0.107. The van der Waals surface area contributed by atoms with E-state index in [2.05, 4.69) is 0 Å². The Balaban J connectivity index is 0.00000441. The van der Waals surface area contributed by atoms with Gasteiger partial charge in [0.25, 0.3) is 0 Å². The summed E-state index contributed by atoms with van der Waals surface area (Å²) in [6.07, 6.45) is 0.440. The largest absolute Gasteiger partial charge is 0.492 e. The fourth-order valence-corrected chi connectivity index (χ4v) is 2.21. The van der Waals surface area contributed by atoms with Crippen LogP contribution >= 0.6 is 12.4 Å². The van der Waals surface area contributed by atoms with Gasteiger partial charge in [0.05, 0.1) is 24.2 Å². The van der Waals surface area contributed by atoms with Crippen molar-refractivity contribution in [3.05, 3.63) is 21.7 Å². The lowest BCUT2D eigenvalue weighted by molar-refractivity contribution is -0.385. The van der Waals surface area contributed by atoms with E-state index in [1.807, 2.05) is 18.7 Å². The molecule has 124 valence electrons. The minimum absolute atomic E-state index is 0. The van der Waals surface area contributed by atoms with E-state index in [1.165, 1.54) is 13.2 Å². The number of nitro groups is 1. The van der Waals surface area contributed by atoms with E-state index < -0.39 is 4.92 Å². The minimum Gasteiger partial charge on any atom is -0.492 e. The van der Waals surface area contributed by atoms with Gasteiger partial charge < -0.3 is 14.4 Å². The lowest BCUT2D eigenvalue weighted by Gasteiger charge is -2.26. The minimum atomic E-state index is -0.606. The van der Waals surface area contributed by atoms with Crippen LogP contribution in [0.15, 0.2) is 6.07 Å². The Kier molecular flexibility index (Phi) is 8.26. The number of nitrogens with zero attached hydrogens (tertiary/aromatic N) is 2. The molecule has 1 aromatic rings. The third-order valence-corrected chi connectivity index (χ3v) is 3.12. The van der Waals surface area contributed by atoms with Crippen LogP contribution in [0.3, 0.4) is 0 Å². The number of halogens is 1. The van der Waals surface area contributed by atoms with Gasteiger partial charge in [-0.1, -0.05) is 0 Å². The Morgan fingerprint density at radius 2 is 1.91 bits per heavy atom. The molecule has 0 amide bonds. The van der Waals surface area contributed by atoms with Crippen molar-refractivity contribution < 1.29 is 19.2 Å². The summed E-state index contributed by atoms with van der Waals surface area (Å²) in [6, 6.07) is 1.39. The first-order valence-corrected chi connectivity index (χ1v) is 6.77. The second kappa shape index (κ2) is 9.09. The Morgan fingerprint density at radius 1 is 1.32 bits per heavy atom. The number of carbonyl (C=O) groups is 1. The van der Waals surface area contributed by atoms with Gasteiger partial charge in [-0.3, -0.25) is 14.9 Å². The molecule has 1 rings (SSSR count). The summed E-state index contributed by atoms with van der Waals surface area (Å²) in [5, 5.41) is 11.3. The highest BCUT2D eigenvalue weighted by Crippen LogP contribution is 2.46. The van der Waals surface area contributed by atoms with Gasteiger partial charge in [0.2, 0.25) is 5.75 Å². The van der Waals surface area contributed by atoms with Crippen molar-refractivity contribution in [3.8, 4) is 11.5 Å². The van der Waals surface area contributed by atoms with Gasteiger partial charge >= 0.3 is 5.69 Å². The molecule has 0 aromatic heterocycles. The van der Waals surface area contributed by atoms with E-state index in [0.717, 1.165) is 0 Å². The summed E-state index contributed by atoms with van der Waals surface area (Å²) in [6.45, 7) is 7.30. The lowest BCUT2D eigenvalue weighted by Crippen LogP contribution is -2.24. The second-order valence-corrected chi connectivity index (χ2v) is 4.17. The number of benzene rings is 1. The molecular weight excluding hydrogens is 312 g/mol. The quantitative estimate of drug-likeness (QED) is 0.413. The molecule has 0 atom stereocenters. The van der Waals surface area contributed by atoms with Crippen LogP contribution in [0.5, 0.6) is 11.5 Å². The van der Waals surface area contributed by atoms with E-state index in [9.17, 15) is 14.9 Å². The molecule has 0 heterocycles. The average molecular weight is 333 g/mol. The van der Waals surface area contributed by atoms with Crippen LogP contribution in [0.1, 0.15) is 31.1 Å².